The van der Waals surface area contributed by atoms with Crippen LogP contribution in [0.1, 0.15) is 45.2 Å². The molecule has 1 aliphatic rings. The highest BCUT2D eigenvalue weighted by Gasteiger charge is 2.41. The molecule has 1 aromatic carbocycles. The van der Waals surface area contributed by atoms with Crippen molar-refractivity contribution < 1.29 is 9.53 Å². The summed E-state index contributed by atoms with van der Waals surface area (Å²) in [6.45, 7) is 8.82. The van der Waals surface area contributed by atoms with Crippen LogP contribution >= 0.6 is 32.9 Å². The number of rotatable bonds is 3. The Hall–Kier alpha value is -1.24. The molecule has 3 nitrogen and oxygen atoms in total. The van der Waals surface area contributed by atoms with Gasteiger partial charge in [0.1, 0.15) is 14.6 Å². The Labute approximate surface area is 148 Å². The van der Waals surface area contributed by atoms with Gasteiger partial charge in [-0.15, -0.1) is 0 Å². The average molecular weight is 366 g/mol. The maximum absolute atomic E-state index is 12.6. The zero-order valence-corrected chi connectivity index (χ0v) is 16.1. The summed E-state index contributed by atoms with van der Waals surface area (Å²) in [7, 11) is 3.17. The van der Waals surface area contributed by atoms with Crippen LogP contribution in [0.25, 0.3) is 0 Å². The molecule has 3 rings (SSSR count). The second-order valence-corrected chi connectivity index (χ2v) is 8.75. The van der Waals surface area contributed by atoms with Gasteiger partial charge in [0.25, 0.3) is 0 Å². The predicted molar refractivity (Wildman–Crippen MR) is 100 cm³/mol. The van der Waals surface area contributed by atoms with Gasteiger partial charge < -0.3 is 4.74 Å². The maximum atomic E-state index is 12.6. The molecule has 0 bridgehead atoms. The normalized spacial score (nSPS) is 15.0. The van der Waals surface area contributed by atoms with Gasteiger partial charge >= 0.3 is 0 Å². The van der Waals surface area contributed by atoms with Crippen molar-refractivity contribution in [2.75, 3.05) is 11.5 Å². The third-order valence-corrected chi connectivity index (χ3v) is 7.17. The van der Waals surface area contributed by atoms with E-state index in [4.69, 9.17) is 17.0 Å². The molecule has 0 spiro atoms. The van der Waals surface area contributed by atoms with Gasteiger partial charge in [0.15, 0.2) is 0 Å². The topological polar surface area (TPSA) is 29.5 Å². The van der Waals surface area contributed by atoms with Gasteiger partial charge in [-0.05, 0) is 30.7 Å². The van der Waals surface area contributed by atoms with E-state index in [0.29, 0.717) is 13.0 Å². The lowest BCUT2D eigenvalue weighted by atomic mass is 9.76. The summed E-state index contributed by atoms with van der Waals surface area (Å²) in [5.74, 6) is 0.924. The van der Waals surface area contributed by atoms with Crippen LogP contribution in [0, 0.1) is 3.82 Å². The number of fused-ring (bicyclic) bond motifs is 2. The average Bonchev–Trinajstić information content (AvgIpc) is 2.90. The summed E-state index contributed by atoms with van der Waals surface area (Å²) in [5.41, 5.74) is 2.89. The fraction of sp³-hybridized carbons (Fsp3) is 0.412. The molecular weight excluding hydrogens is 346 g/mol. The number of benzene rings is 1. The minimum atomic E-state index is -0.240. The van der Waals surface area contributed by atoms with Crippen molar-refractivity contribution in [2.45, 2.75) is 39.5 Å². The van der Waals surface area contributed by atoms with Gasteiger partial charge in [-0.2, -0.15) is 0 Å². The number of ether oxygens (including phenoxy) is 1. The summed E-state index contributed by atoms with van der Waals surface area (Å²) in [4.78, 5) is 14.4. The molecule has 0 unspecified atom stereocenters. The molecule has 2 heterocycles. The molecule has 0 N–H and O–H groups in total. The molecule has 6 heteroatoms. The quantitative estimate of drug-likeness (QED) is 0.520. The van der Waals surface area contributed by atoms with Crippen molar-refractivity contribution in [3.63, 3.8) is 0 Å². The summed E-state index contributed by atoms with van der Waals surface area (Å²) >= 11 is 5.57. The van der Waals surface area contributed by atoms with Crippen LogP contribution in [0.4, 0.5) is 10.7 Å². The fourth-order valence-electron chi connectivity index (χ4n) is 3.04. The molecule has 1 amide bonds. The largest absolute Gasteiger partial charge is 0.494 e. The van der Waals surface area contributed by atoms with Gasteiger partial charge in [-0.25, -0.2) is 0 Å². The smallest absolute Gasteiger partial charge is 0.231 e. The van der Waals surface area contributed by atoms with Crippen molar-refractivity contribution in [1.29, 1.82) is 0 Å². The molecule has 2 aromatic rings. The Morgan fingerprint density at radius 3 is 2.70 bits per heavy atom. The fourth-order valence-corrected chi connectivity index (χ4v) is 6.32. The SMILES string of the molecule is CCOc1ccc2c(c1)C(C)(C)c1c(ssc1=S)N2C(=O)CC. The Bertz CT molecular complexity index is 819. The van der Waals surface area contributed by atoms with Crippen LogP contribution < -0.4 is 9.64 Å². The lowest BCUT2D eigenvalue weighted by Gasteiger charge is -2.38. The van der Waals surface area contributed by atoms with Crippen molar-refractivity contribution in [3.05, 3.63) is 33.1 Å². The lowest BCUT2D eigenvalue weighted by molar-refractivity contribution is -0.117. The summed E-state index contributed by atoms with van der Waals surface area (Å²) in [6.07, 6.45) is 0.460. The van der Waals surface area contributed by atoms with Crippen LogP contribution in [0.3, 0.4) is 0 Å². The van der Waals surface area contributed by atoms with Crippen molar-refractivity contribution in [1.82, 2.24) is 0 Å². The number of anilines is 2. The number of hydrogen-bond acceptors (Lipinski definition) is 5. The van der Waals surface area contributed by atoms with E-state index in [1.807, 2.05) is 30.9 Å². The monoisotopic (exact) mass is 365 g/mol. The van der Waals surface area contributed by atoms with Crippen LogP contribution in [0.5, 0.6) is 5.75 Å². The van der Waals surface area contributed by atoms with Gasteiger partial charge in [-0.1, -0.05) is 53.7 Å². The van der Waals surface area contributed by atoms with Crippen LogP contribution in [-0.2, 0) is 10.2 Å². The van der Waals surface area contributed by atoms with E-state index in [1.165, 1.54) is 0 Å². The van der Waals surface area contributed by atoms with Crippen LogP contribution in [0.15, 0.2) is 18.2 Å². The lowest BCUT2D eigenvalue weighted by Crippen LogP contribution is -2.35. The molecule has 122 valence electrons. The van der Waals surface area contributed by atoms with Gasteiger partial charge in [0, 0.05) is 17.4 Å². The number of hydrogen-bond donors (Lipinski definition) is 0. The van der Waals surface area contributed by atoms with E-state index in [2.05, 4.69) is 19.9 Å². The molecule has 0 saturated carbocycles. The summed E-state index contributed by atoms with van der Waals surface area (Å²) in [5, 5.41) is 0.980. The highest BCUT2D eigenvalue weighted by molar-refractivity contribution is 7.80. The Morgan fingerprint density at radius 2 is 2.04 bits per heavy atom. The molecule has 23 heavy (non-hydrogen) atoms. The number of amides is 1. The number of carbonyl (C=O) groups excluding carboxylic acids is 1. The van der Waals surface area contributed by atoms with Gasteiger partial charge in [0.05, 0.1) is 12.3 Å². The highest BCUT2D eigenvalue weighted by atomic mass is 32.9. The Kier molecular flexibility index (Phi) is 4.33. The van der Waals surface area contributed by atoms with E-state index in [9.17, 15) is 4.79 Å². The molecule has 1 aliphatic heterocycles. The first-order valence-corrected chi connectivity index (χ1v) is 10.2. The molecule has 0 atom stereocenters. The molecule has 0 fully saturated rings. The summed E-state index contributed by atoms with van der Waals surface area (Å²) in [6, 6.07) is 5.98. The maximum Gasteiger partial charge on any atom is 0.231 e. The number of nitrogens with zero attached hydrogens (tertiary/aromatic N) is 1. The second-order valence-electron chi connectivity index (χ2n) is 5.95. The first-order chi connectivity index (χ1) is 10.9. The Balaban J connectivity index is 2.29. The molecule has 1 aromatic heterocycles. The van der Waals surface area contributed by atoms with Crippen molar-refractivity contribution >= 4 is 49.5 Å². The Morgan fingerprint density at radius 1 is 1.30 bits per heavy atom. The second kappa shape index (κ2) is 6.00. The zero-order chi connectivity index (χ0) is 16.8. The molecular formula is C17H19NO2S3. The molecule has 0 saturated heterocycles. The van der Waals surface area contributed by atoms with Crippen molar-refractivity contribution in [3.8, 4) is 5.75 Å². The summed E-state index contributed by atoms with van der Waals surface area (Å²) < 4.78 is 6.53. The van der Waals surface area contributed by atoms with Gasteiger partial charge in [0.2, 0.25) is 5.91 Å². The first-order valence-electron chi connectivity index (χ1n) is 7.65. The molecule has 0 radical (unpaired) electrons. The standard InChI is InChI=1S/C17H19NO2S3/c1-5-13(19)18-12-8-7-10(20-6-2)9-11(12)17(3,4)14-15(18)22-23-16(14)21/h7-9H,5-6H2,1-4H3. The first kappa shape index (κ1) is 16.6. The van der Waals surface area contributed by atoms with E-state index in [-0.39, 0.29) is 11.3 Å². The third-order valence-electron chi connectivity index (χ3n) is 4.19. The predicted octanol–water partition coefficient (Wildman–Crippen LogP) is 5.65. The van der Waals surface area contributed by atoms with E-state index >= 15 is 0 Å². The van der Waals surface area contributed by atoms with E-state index < -0.39 is 0 Å². The minimum absolute atomic E-state index is 0.0937. The minimum Gasteiger partial charge on any atom is -0.494 e. The van der Waals surface area contributed by atoms with Crippen LogP contribution in [0.2, 0.25) is 0 Å². The highest BCUT2D eigenvalue weighted by Crippen LogP contribution is 2.54. The van der Waals surface area contributed by atoms with Crippen molar-refractivity contribution in [2.24, 2.45) is 0 Å². The van der Waals surface area contributed by atoms with Gasteiger partial charge in [-0.3, -0.25) is 9.69 Å². The van der Waals surface area contributed by atoms with E-state index in [1.54, 1.807) is 20.7 Å². The molecule has 0 aliphatic carbocycles. The van der Waals surface area contributed by atoms with E-state index in [0.717, 1.165) is 31.4 Å². The third kappa shape index (κ3) is 2.53. The van der Waals surface area contributed by atoms with Crippen LogP contribution in [-0.4, -0.2) is 12.5 Å². The number of carbonyl (C=O) groups is 1. The zero-order valence-electron chi connectivity index (χ0n) is 13.6.